The van der Waals surface area contributed by atoms with Crippen LogP contribution in [0, 0.1) is 0 Å². The number of hydrogen-bond acceptors (Lipinski definition) is 12. The van der Waals surface area contributed by atoms with E-state index in [1.165, 1.54) is 24.8 Å². The normalized spacial score (nSPS) is 12.2. The summed E-state index contributed by atoms with van der Waals surface area (Å²) in [5, 5.41) is 38.2. The van der Waals surface area contributed by atoms with Crippen molar-refractivity contribution in [3.8, 4) is 0 Å². The first kappa shape index (κ1) is 28.5. The number of nitrogens with zero attached hydrogens (tertiary/aromatic N) is 10. The van der Waals surface area contributed by atoms with Gasteiger partial charge in [0.2, 0.25) is 0 Å². The van der Waals surface area contributed by atoms with E-state index >= 15 is 0 Å². The summed E-state index contributed by atoms with van der Waals surface area (Å²) in [5.74, 6) is -0.832. The molecule has 0 bridgehead atoms. The van der Waals surface area contributed by atoms with Crippen molar-refractivity contribution in [1.82, 2.24) is 29.9 Å². The first-order chi connectivity index (χ1) is 17.5. The predicted molar refractivity (Wildman–Crippen MR) is 130 cm³/mol. The molecular weight excluding hydrogens is 516 g/mol. The van der Waals surface area contributed by atoms with Crippen LogP contribution in [-0.4, -0.2) is 53.1 Å². The van der Waals surface area contributed by atoms with Gasteiger partial charge in [-0.05, 0) is 49.2 Å². The van der Waals surface area contributed by atoms with Crippen molar-refractivity contribution in [1.29, 1.82) is 0 Å². The van der Waals surface area contributed by atoms with Crippen LogP contribution in [0.25, 0.3) is 0 Å². The molecule has 0 saturated carbocycles. The number of hydrogen-bond donors (Lipinski definition) is 0. The van der Waals surface area contributed by atoms with Crippen molar-refractivity contribution in [3.63, 3.8) is 0 Å². The Balaban J connectivity index is 0.000000253. The third-order valence-electron chi connectivity index (χ3n) is 4.30. The molecule has 0 saturated heterocycles. The zero-order chi connectivity index (χ0) is 25.6. The van der Waals surface area contributed by atoms with E-state index in [1.54, 1.807) is 75.3 Å². The molecule has 0 radical (unpaired) electrons. The summed E-state index contributed by atoms with van der Waals surface area (Å²) in [5.41, 5.74) is 3.13. The summed E-state index contributed by atoms with van der Waals surface area (Å²) in [6.07, 6.45) is 15.5. The number of rotatable bonds is 6. The maximum Gasteiger partial charge on any atom is 2.00 e. The van der Waals surface area contributed by atoms with Crippen LogP contribution in [0.5, 0.6) is 0 Å². The fourth-order valence-electron chi connectivity index (χ4n) is 2.42. The van der Waals surface area contributed by atoms with E-state index in [1.807, 2.05) is 0 Å². The average Bonchev–Trinajstić information content (AvgIpc) is 2.96. The van der Waals surface area contributed by atoms with E-state index < -0.39 is 11.8 Å². The minimum Gasteiger partial charge on any atom is -0.857 e. The second kappa shape index (κ2) is 15.3. The molecule has 186 valence electrons. The summed E-state index contributed by atoms with van der Waals surface area (Å²) in [6.45, 7) is 3.43. The zero-order valence-corrected chi connectivity index (χ0v) is 20.8. The molecule has 12 nitrogen and oxygen atoms in total. The molecule has 37 heavy (non-hydrogen) atoms. The van der Waals surface area contributed by atoms with Gasteiger partial charge in [-0.15, -0.1) is 0 Å². The standard InChI is InChI=1S/2C12H11N5O.Fe/c2*1-9(11-8-14-6-7-15-11)16-17-12(18)10-2-4-13-5-3-10;/h2*2-8H,1H3,(H,17,18);/q;;+2/p-2/b2*16-9+;. The zero-order valence-electron chi connectivity index (χ0n) is 19.7. The Bertz CT molecular complexity index is 1140. The topological polar surface area (TPSA) is 173 Å². The Kier molecular flexibility index (Phi) is 11.8. The molecule has 0 unspecified atom stereocenters. The molecule has 0 aliphatic heterocycles. The molecule has 0 amide bonds. The van der Waals surface area contributed by atoms with Crippen LogP contribution >= 0.6 is 0 Å². The van der Waals surface area contributed by atoms with Gasteiger partial charge in [-0.2, -0.15) is 20.4 Å². The van der Waals surface area contributed by atoms with Gasteiger partial charge in [-0.1, -0.05) is 0 Å². The van der Waals surface area contributed by atoms with Gasteiger partial charge in [0.05, 0.1) is 23.8 Å². The summed E-state index contributed by atoms with van der Waals surface area (Å²) in [6, 6.07) is 6.33. The fraction of sp³-hybridized carbons (Fsp3) is 0.0833. The Hall–Kier alpha value is -4.74. The van der Waals surface area contributed by atoms with E-state index in [4.69, 9.17) is 0 Å². The van der Waals surface area contributed by atoms with E-state index in [2.05, 4.69) is 50.3 Å². The Morgan fingerprint density at radius 3 is 1.24 bits per heavy atom. The van der Waals surface area contributed by atoms with Crippen LogP contribution in [0.15, 0.2) is 107 Å². The third-order valence-corrected chi connectivity index (χ3v) is 4.30. The molecule has 0 atom stereocenters. The van der Waals surface area contributed by atoms with Crippen molar-refractivity contribution in [2.24, 2.45) is 20.4 Å². The van der Waals surface area contributed by atoms with Crippen LogP contribution in [0.1, 0.15) is 36.4 Å². The van der Waals surface area contributed by atoms with Gasteiger partial charge in [0.25, 0.3) is 0 Å². The van der Waals surface area contributed by atoms with E-state index in [9.17, 15) is 10.2 Å². The van der Waals surface area contributed by atoms with Crippen LogP contribution in [0.2, 0.25) is 0 Å². The molecule has 0 spiro atoms. The third kappa shape index (κ3) is 9.43. The van der Waals surface area contributed by atoms with E-state index in [-0.39, 0.29) is 17.1 Å². The maximum atomic E-state index is 11.6. The number of pyridine rings is 2. The summed E-state index contributed by atoms with van der Waals surface area (Å²) in [7, 11) is 0. The quantitative estimate of drug-likeness (QED) is 0.151. The van der Waals surface area contributed by atoms with Gasteiger partial charge in [0.1, 0.15) is 11.4 Å². The molecule has 4 aromatic heterocycles. The fourth-order valence-corrected chi connectivity index (χ4v) is 2.42. The Morgan fingerprint density at radius 1 is 0.541 bits per heavy atom. The smallest absolute Gasteiger partial charge is 0.857 e. The average molecular weight is 536 g/mol. The summed E-state index contributed by atoms with van der Waals surface area (Å²) in [4.78, 5) is 23.6. The molecule has 0 aliphatic rings. The molecule has 0 aliphatic carbocycles. The molecule has 0 N–H and O–H groups in total. The molecule has 0 fully saturated rings. The van der Waals surface area contributed by atoms with Crippen LogP contribution in [0.3, 0.4) is 0 Å². The first-order valence-electron chi connectivity index (χ1n) is 10.5. The molecule has 4 aromatic rings. The second-order valence-corrected chi connectivity index (χ2v) is 6.83. The molecule has 4 rings (SSSR count). The molecule has 0 aromatic carbocycles. The van der Waals surface area contributed by atoms with E-state index in [0.29, 0.717) is 33.9 Å². The largest absolute Gasteiger partial charge is 2.00 e. The van der Waals surface area contributed by atoms with Crippen molar-refractivity contribution in [2.75, 3.05) is 0 Å². The summed E-state index contributed by atoms with van der Waals surface area (Å²) >= 11 is 0. The minimum atomic E-state index is -0.416. The van der Waals surface area contributed by atoms with E-state index in [0.717, 1.165) is 0 Å². The summed E-state index contributed by atoms with van der Waals surface area (Å²) < 4.78 is 0. The van der Waals surface area contributed by atoms with Crippen LogP contribution in [-0.2, 0) is 17.1 Å². The Labute approximate surface area is 223 Å². The maximum absolute atomic E-state index is 11.6. The monoisotopic (exact) mass is 536 g/mol. The van der Waals surface area contributed by atoms with Crippen molar-refractivity contribution >= 4 is 23.2 Å². The number of aromatic nitrogens is 6. The van der Waals surface area contributed by atoms with Crippen molar-refractivity contribution in [2.45, 2.75) is 13.8 Å². The SMILES string of the molecule is C/C(=N\N=C(/[O-])c1ccncc1)c1cnccn1.C/C(=N\N=C(/[O-])c1ccncc1)c1cnccn1.[Fe+2]. The second-order valence-electron chi connectivity index (χ2n) is 6.83. The van der Waals surface area contributed by atoms with Gasteiger partial charge < -0.3 is 10.2 Å². The minimum absolute atomic E-state index is 0. The van der Waals surface area contributed by atoms with Crippen LogP contribution < -0.4 is 10.2 Å². The first-order valence-corrected chi connectivity index (χ1v) is 10.5. The van der Waals surface area contributed by atoms with Gasteiger partial charge in [-0.3, -0.25) is 29.9 Å². The van der Waals surface area contributed by atoms with Gasteiger partial charge in [0, 0.05) is 61.4 Å². The molecular formula is C24H20FeN10O2. The molecule has 13 heteroatoms. The van der Waals surface area contributed by atoms with Crippen LogP contribution in [0.4, 0.5) is 0 Å². The predicted octanol–water partition coefficient (Wildman–Crippen LogP) is 0.803. The Morgan fingerprint density at radius 2 is 0.919 bits per heavy atom. The van der Waals surface area contributed by atoms with Gasteiger partial charge in [-0.25, -0.2) is 0 Å². The van der Waals surface area contributed by atoms with Gasteiger partial charge >= 0.3 is 17.1 Å². The van der Waals surface area contributed by atoms with Gasteiger partial charge in [0.15, 0.2) is 0 Å². The van der Waals surface area contributed by atoms with Crippen molar-refractivity contribution < 1.29 is 27.3 Å². The van der Waals surface area contributed by atoms with Crippen molar-refractivity contribution in [3.05, 3.63) is 109 Å². The molecule has 4 heterocycles.